The summed E-state index contributed by atoms with van der Waals surface area (Å²) in [4.78, 5) is 25.8. The third-order valence-electron chi connectivity index (χ3n) is 3.47. The van der Waals surface area contributed by atoms with E-state index in [9.17, 15) is 14.9 Å². The Morgan fingerprint density at radius 2 is 1.91 bits per heavy atom. The van der Waals surface area contributed by atoms with Gasteiger partial charge in [-0.15, -0.1) is 0 Å². The molecule has 110 valence electrons. The van der Waals surface area contributed by atoms with Crippen LogP contribution >= 0.6 is 0 Å². The third-order valence-corrected chi connectivity index (χ3v) is 3.47. The van der Waals surface area contributed by atoms with Gasteiger partial charge in [-0.05, 0) is 30.3 Å². The number of ether oxygens (including phenoxy) is 1. The lowest BCUT2D eigenvalue weighted by molar-refractivity contribution is -0.384. The molecule has 0 atom stereocenters. The van der Waals surface area contributed by atoms with Crippen LogP contribution in [0, 0.1) is 10.1 Å². The first-order chi connectivity index (χ1) is 10.6. The molecule has 6 heteroatoms. The number of carbonyl (C=O) groups is 1. The number of methoxy groups -OCH3 is 1. The minimum atomic E-state index is -0.495. The third kappa shape index (κ3) is 2.31. The van der Waals surface area contributed by atoms with Gasteiger partial charge in [-0.25, -0.2) is 0 Å². The fraction of sp³-hybridized carbons (Fsp3) is 0.0625. The number of non-ortho nitro benzene ring substituents is 1. The molecule has 1 N–H and O–H groups in total. The first kappa shape index (κ1) is 13.8. The summed E-state index contributed by atoms with van der Waals surface area (Å²) in [6, 6.07) is 11.0. The molecule has 3 rings (SSSR count). The molecule has 0 amide bonds. The number of nitro groups is 1. The minimum Gasteiger partial charge on any atom is -0.497 e. The maximum absolute atomic E-state index is 12.6. The normalized spacial score (nSPS) is 10.6. The van der Waals surface area contributed by atoms with Crippen LogP contribution < -0.4 is 4.74 Å². The number of fused-ring (bicyclic) bond motifs is 1. The number of carbonyl (C=O) groups excluding carboxylic acids is 1. The summed E-state index contributed by atoms with van der Waals surface area (Å²) in [6.45, 7) is 0. The van der Waals surface area contributed by atoms with Crippen LogP contribution in [0.5, 0.6) is 5.75 Å². The topological polar surface area (TPSA) is 85.2 Å². The summed E-state index contributed by atoms with van der Waals surface area (Å²) in [5.41, 5.74) is 1.68. The zero-order valence-electron chi connectivity index (χ0n) is 11.7. The molecule has 0 unspecified atom stereocenters. The van der Waals surface area contributed by atoms with Crippen molar-refractivity contribution in [2.75, 3.05) is 7.11 Å². The average molecular weight is 296 g/mol. The lowest BCUT2D eigenvalue weighted by Gasteiger charge is -2.02. The number of H-pyrrole nitrogens is 1. The van der Waals surface area contributed by atoms with Gasteiger partial charge in [0.2, 0.25) is 0 Å². The van der Waals surface area contributed by atoms with Crippen molar-refractivity contribution in [2.45, 2.75) is 0 Å². The van der Waals surface area contributed by atoms with Gasteiger partial charge in [0.15, 0.2) is 5.78 Å². The highest BCUT2D eigenvalue weighted by molar-refractivity contribution is 6.16. The predicted octanol–water partition coefficient (Wildman–Crippen LogP) is 3.32. The highest BCUT2D eigenvalue weighted by atomic mass is 16.6. The average Bonchev–Trinajstić information content (AvgIpc) is 2.97. The molecule has 0 saturated carbocycles. The van der Waals surface area contributed by atoms with Crippen molar-refractivity contribution in [3.05, 3.63) is 69.9 Å². The predicted molar refractivity (Wildman–Crippen MR) is 81.4 cm³/mol. The second kappa shape index (κ2) is 5.33. The standard InChI is InChI=1S/C16H12N2O4/c1-22-12-6-7-15-13(8-12)14(9-17-15)16(19)10-2-4-11(5-3-10)18(20)21/h2-9,17H,1H3. The quantitative estimate of drug-likeness (QED) is 0.454. The number of rotatable bonds is 4. The van der Waals surface area contributed by atoms with E-state index in [1.165, 1.54) is 24.3 Å². The molecule has 1 heterocycles. The van der Waals surface area contributed by atoms with Crippen LogP contribution in [-0.2, 0) is 0 Å². The van der Waals surface area contributed by atoms with Crippen molar-refractivity contribution in [1.29, 1.82) is 0 Å². The van der Waals surface area contributed by atoms with Crippen LogP contribution in [0.15, 0.2) is 48.7 Å². The van der Waals surface area contributed by atoms with E-state index in [0.717, 1.165) is 10.9 Å². The molecular weight excluding hydrogens is 284 g/mol. The zero-order chi connectivity index (χ0) is 15.7. The smallest absolute Gasteiger partial charge is 0.269 e. The van der Waals surface area contributed by atoms with E-state index in [4.69, 9.17) is 4.74 Å². The number of aromatic nitrogens is 1. The number of hydrogen-bond donors (Lipinski definition) is 1. The summed E-state index contributed by atoms with van der Waals surface area (Å²) in [5, 5.41) is 11.4. The van der Waals surface area contributed by atoms with Crippen LogP contribution in [0.25, 0.3) is 10.9 Å². The fourth-order valence-corrected chi connectivity index (χ4v) is 2.30. The Balaban J connectivity index is 2.03. The highest BCUT2D eigenvalue weighted by Gasteiger charge is 2.16. The Morgan fingerprint density at radius 1 is 1.18 bits per heavy atom. The van der Waals surface area contributed by atoms with Gasteiger partial charge in [-0.1, -0.05) is 0 Å². The van der Waals surface area contributed by atoms with E-state index in [0.29, 0.717) is 16.9 Å². The van der Waals surface area contributed by atoms with Crippen LogP contribution in [0.2, 0.25) is 0 Å². The van der Waals surface area contributed by atoms with Gasteiger partial charge in [-0.2, -0.15) is 0 Å². The Labute approximate surface area is 125 Å². The molecule has 22 heavy (non-hydrogen) atoms. The van der Waals surface area contributed by atoms with Crippen molar-refractivity contribution in [3.8, 4) is 5.75 Å². The first-order valence-electron chi connectivity index (χ1n) is 6.54. The summed E-state index contributed by atoms with van der Waals surface area (Å²) < 4.78 is 5.17. The Kier molecular flexibility index (Phi) is 3.34. The van der Waals surface area contributed by atoms with Gasteiger partial charge >= 0.3 is 0 Å². The maximum atomic E-state index is 12.6. The Hall–Kier alpha value is -3.15. The highest BCUT2D eigenvalue weighted by Crippen LogP contribution is 2.26. The Bertz CT molecular complexity index is 865. The summed E-state index contributed by atoms with van der Waals surface area (Å²) in [6.07, 6.45) is 1.63. The molecule has 2 aromatic carbocycles. The van der Waals surface area contributed by atoms with Gasteiger partial charge in [0.25, 0.3) is 5.69 Å². The van der Waals surface area contributed by atoms with Crippen LogP contribution in [0.1, 0.15) is 15.9 Å². The molecule has 6 nitrogen and oxygen atoms in total. The summed E-state index contributed by atoms with van der Waals surface area (Å²) in [5.74, 6) is 0.458. The van der Waals surface area contributed by atoms with Gasteiger partial charge < -0.3 is 9.72 Å². The maximum Gasteiger partial charge on any atom is 0.269 e. The number of nitro benzene ring substituents is 1. The molecule has 0 saturated heterocycles. The number of hydrogen-bond acceptors (Lipinski definition) is 4. The van der Waals surface area contributed by atoms with E-state index in [-0.39, 0.29) is 11.5 Å². The number of nitrogens with one attached hydrogen (secondary N) is 1. The van der Waals surface area contributed by atoms with Gasteiger partial charge in [0, 0.05) is 40.4 Å². The zero-order valence-corrected chi connectivity index (χ0v) is 11.7. The van der Waals surface area contributed by atoms with Crippen molar-refractivity contribution in [2.24, 2.45) is 0 Å². The summed E-state index contributed by atoms with van der Waals surface area (Å²) >= 11 is 0. The molecule has 3 aromatic rings. The second-order valence-electron chi connectivity index (χ2n) is 4.75. The Morgan fingerprint density at radius 3 is 2.55 bits per heavy atom. The lowest BCUT2D eigenvalue weighted by Crippen LogP contribution is -2.00. The van der Waals surface area contributed by atoms with Crippen LogP contribution in [0.3, 0.4) is 0 Å². The van der Waals surface area contributed by atoms with E-state index in [2.05, 4.69) is 4.98 Å². The van der Waals surface area contributed by atoms with E-state index in [1.54, 1.807) is 25.4 Å². The monoisotopic (exact) mass is 296 g/mol. The largest absolute Gasteiger partial charge is 0.497 e. The molecule has 0 spiro atoms. The van der Waals surface area contributed by atoms with Crippen molar-refractivity contribution in [1.82, 2.24) is 4.98 Å². The summed E-state index contributed by atoms with van der Waals surface area (Å²) in [7, 11) is 1.56. The van der Waals surface area contributed by atoms with Crippen LogP contribution in [0.4, 0.5) is 5.69 Å². The number of nitrogens with zero attached hydrogens (tertiary/aromatic N) is 1. The molecule has 1 aromatic heterocycles. The van der Waals surface area contributed by atoms with E-state index >= 15 is 0 Å². The van der Waals surface area contributed by atoms with E-state index in [1.807, 2.05) is 6.07 Å². The molecular formula is C16H12N2O4. The molecule has 0 radical (unpaired) electrons. The minimum absolute atomic E-state index is 0.0443. The van der Waals surface area contributed by atoms with Gasteiger partial charge in [0.1, 0.15) is 5.75 Å². The van der Waals surface area contributed by atoms with E-state index < -0.39 is 4.92 Å². The number of aromatic amines is 1. The van der Waals surface area contributed by atoms with Gasteiger partial charge in [0.05, 0.1) is 12.0 Å². The molecule has 0 fully saturated rings. The number of ketones is 1. The molecule has 0 aliphatic carbocycles. The van der Waals surface area contributed by atoms with Crippen molar-refractivity contribution >= 4 is 22.4 Å². The SMILES string of the molecule is COc1ccc2[nH]cc(C(=O)c3ccc([N+](=O)[O-])cc3)c2c1. The van der Waals surface area contributed by atoms with Crippen LogP contribution in [-0.4, -0.2) is 22.8 Å². The van der Waals surface area contributed by atoms with Crippen molar-refractivity contribution in [3.63, 3.8) is 0 Å². The van der Waals surface area contributed by atoms with Gasteiger partial charge in [-0.3, -0.25) is 14.9 Å². The second-order valence-corrected chi connectivity index (χ2v) is 4.75. The lowest BCUT2D eigenvalue weighted by atomic mass is 10.0. The first-order valence-corrected chi connectivity index (χ1v) is 6.54. The number of benzene rings is 2. The van der Waals surface area contributed by atoms with Crippen molar-refractivity contribution < 1.29 is 14.5 Å². The molecule has 0 bridgehead atoms. The molecule has 0 aliphatic rings. The fourth-order valence-electron chi connectivity index (χ4n) is 2.30. The molecule has 0 aliphatic heterocycles.